The van der Waals surface area contributed by atoms with Crippen LogP contribution in [0, 0.1) is 5.92 Å². The molecule has 4 nitrogen and oxygen atoms in total. The average molecular weight is 216 g/mol. The van der Waals surface area contributed by atoms with Gasteiger partial charge in [0.1, 0.15) is 6.04 Å². The second kappa shape index (κ2) is 7.65. The van der Waals surface area contributed by atoms with Gasteiger partial charge in [-0.25, -0.2) is 0 Å². The fourth-order valence-corrected chi connectivity index (χ4v) is 0.863. The van der Waals surface area contributed by atoms with Crippen molar-refractivity contribution in [2.75, 3.05) is 6.61 Å². The van der Waals surface area contributed by atoms with Gasteiger partial charge in [-0.3, -0.25) is 4.79 Å². The number of carbonyl (C=O) groups is 1. The van der Waals surface area contributed by atoms with Gasteiger partial charge in [0.25, 0.3) is 0 Å². The lowest BCUT2D eigenvalue weighted by Gasteiger charge is -2.17. The second-order valence-electron chi connectivity index (χ2n) is 4.36. The average Bonchev–Trinajstić information content (AvgIpc) is 2.16. The summed E-state index contributed by atoms with van der Waals surface area (Å²) in [6.45, 7) is 10.5. The van der Waals surface area contributed by atoms with Crippen LogP contribution < -0.4 is 10.8 Å². The molecule has 0 bridgehead atoms. The van der Waals surface area contributed by atoms with E-state index in [4.69, 9.17) is 4.84 Å². The molecule has 0 rings (SSSR count). The van der Waals surface area contributed by atoms with E-state index in [1.165, 1.54) is 0 Å². The number of rotatable bonds is 7. The van der Waals surface area contributed by atoms with Crippen molar-refractivity contribution in [3.05, 3.63) is 0 Å². The number of carbonyl (C=O) groups excluding carboxylic acids is 1. The monoisotopic (exact) mass is 216 g/mol. The summed E-state index contributed by atoms with van der Waals surface area (Å²) in [6.07, 6.45) is 0.936. The highest BCUT2D eigenvalue weighted by molar-refractivity contribution is 5.81. The second-order valence-corrected chi connectivity index (χ2v) is 4.36. The highest BCUT2D eigenvalue weighted by atomic mass is 16.6. The Morgan fingerprint density at radius 2 is 1.87 bits per heavy atom. The molecule has 0 aliphatic carbocycles. The van der Waals surface area contributed by atoms with E-state index in [0.717, 1.165) is 6.42 Å². The van der Waals surface area contributed by atoms with Gasteiger partial charge in [-0.05, 0) is 26.2 Å². The van der Waals surface area contributed by atoms with Crippen LogP contribution in [0.2, 0.25) is 0 Å². The lowest BCUT2D eigenvalue weighted by atomic mass is 10.2. The van der Waals surface area contributed by atoms with Crippen molar-refractivity contribution in [3.63, 3.8) is 0 Å². The zero-order valence-corrected chi connectivity index (χ0v) is 10.5. The maximum atomic E-state index is 11.5. The van der Waals surface area contributed by atoms with Gasteiger partial charge in [-0.15, -0.1) is 0 Å². The normalized spacial score (nSPS) is 15.1. The van der Waals surface area contributed by atoms with Crippen molar-refractivity contribution in [2.24, 2.45) is 5.92 Å². The minimum absolute atomic E-state index is 0.0203. The molecule has 0 radical (unpaired) electrons. The largest absolute Gasteiger partial charge is 0.352 e. The first-order valence-corrected chi connectivity index (χ1v) is 5.65. The van der Waals surface area contributed by atoms with E-state index in [-0.39, 0.29) is 18.0 Å². The first-order chi connectivity index (χ1) is 6.97. The van der Waals surface area contributed by atoms with Gasteiger partial charge in [0.05, 0.1) is 6.61 Å². The van der Waals surface area contributed by atoms with E-state index in [0.29, 0.717) is 12.5 Å². The smallest absolute Gasteiger partial charge is 0.239 e. The Hall–Kier alpha value is -0.610. The maximum absolute atomic E-state index is 11.5. The topological polar surface area (TPSA) is 50.4 Å². The molecule has 1 amide bonds. The summed E-state index contributed by atoms with van der Waals surface area (Å²) in [6, 6.07) is -0.0930. The standard InChI is InChI=1S/C11H24N2O2/c1-6-9(4)12-11(14)10(5)13-15-7-8(2)3/h8-10,13H,6-7H2,1-5H3,(H,12,14). The van der Waals surface area contributed by atoms with Gasteiger partial charge in [-0.1, -0.05) is 20.8 Å². The lowest BCUT2D eigenvalue weighted by molar-refractivity contribution is -0.127. The Morgan fingerprint density at radius 3 is 2.33 bits per heavy atom. The fourth-order valence-electron chi connectivity index (χ4n) is 0.863. The zero-order chi connectivity index (χ0) is 11.8. The van der Waals surface area contributed by atoms with Crippen molar-refractivity contribution < 1.29 is 9.63 Å². The molecule has 2 atom stereocenters. The van der Waals surface area contributed by atoms with Gasteiger partial charge in [0.15, 0.2) is 0 Å². The molecular weight excluding hydrogens is 192 g/mol. The maximum Gasteiger partial charge on any atom is 0.239 e. The van der Waals surface area contributed by atoms with Gasteiger partial charge < -0.3 is 10.2 Å². The molecule has 0 heterocycles. The molecule has 0 aromatic carbocycles. The minimum Gasteiger partial charge on any atom is -0.352 e. The molecule has 0 aromatic heterocycles. The summed E-state index contributed by atoms with van der Waals surface area (Å²) in [4.78, 5) is 16.7. The van der Waals surface area contributed by atoms with E-state index < -0.39 is 0 Å². The molecule has 0 aliphatic rings. The van der Waals surface area contributed by atoms with E-state index in [2.05, 4.69) is 24.6 Å². The number of amides is 1. The first-order valence-electron chi connectivity index (χ1n) is 5.65. The quantitative estimate of drug-likeness (QED) is 0.634. The molecule has 0 spiro atoms. The van der Waals surface area contributed by atoms with Crippen LogP contribution in [0.3, 0.4) is 0 Å². The van der Waals surface area contributed by atoms with Crippen LogP contribution in [0.1, 0.15) is 41.0 Å². The summed E-state index contributed by atoms with van der Waals surface area (Å²) in [5.74, 6) is 0.440. The molecule has 2 N–H and O–H groups in total. The third kappa shape index (κ3) is 7.33. The van der Waals surface area contributed by atoms with Crippen LogP contribution in [0.5, 0.6) is 0 Å². The SMILES string of the molecule is CCC(C)NC(=O)C(C)NOCC(C)C. The Kier molecular flexibility index (Phi) is 7.34. The molecule has 15 heavy (non-hydrogen) atoms. The van der Waals surface area contributed by atoms with Crippen molar-refractivity contribution >= 4 is 5.91 Å². The highest BCUT2D eigenvalue weighted by Gasteiger charge is 2.14. The van der Waals surface area contributed by atoms with Gasteiger partial charge >= 0.3 is 0 Å². The van der Waals surface area contributed by atoms with Gasteiger partial charge in [-0.2, -0.15) is 5.48 Å². The summed E-state index contributed by atoms with van der Waals surface area (Å²) < 4.78 is 0. The number of hydrogen-bond donors (Lipinski definition) is 2. The lowest BCUT2D eigenvalue weighted by Crippen LogP contribution is -2.45. The Bertz CT molecular complexity index is 183. The van der Waals surface area contributed by atoms with Crippen LogP contribution in [-0.2, 0) is 9.63 Å². The summed E-state index contributed by atoms with van der Waals surface area (Å²) >= 11 is 0. The van der Waals surface area contributed by atoms with E-state index in [1.54, 1.807) is 6.92 Å². The third-order valence-corrected chi connectivity index (χ3v) is 2.07. The first kappa shape index (κ1) is 14.4. The van der Waals surface area contributed by atoms with Crippen LogP contribution >= 0.6 is 0 Å². The Morgan fingerprint density at radius 1 is 1.27 bits per heavy atom. The molecular formula is C11H24N2O2. The van der Waals surface area contributed by atoms with Crippen molar-refractivity contribution in [3.8, 4) is 0 Å². The molecule has 0 saturated heterocycles. The van der Waals surface area contributed by atoms with E-state index >= 15 is 0 Å². The Balaban J connectivity index is 3.69. The molecule has 2 unspecified atom stereocenters. The molecule has 0 saturated carbocycles. The molecule has 90 valence electrons. The third-order valence-electron chi connectivity index (χ3n) is 2.07. The summed E-state index contributed by atoms with van der Waals surface area (Å²) in [7, 11) is 0. The van der Waals surface area contributed by atoms with Crippen LogP contribution in [0.15, 0.2) is 0 Å². The molecule has 0 aromatic rings. The van der Waals surface area contributed by atoms with Gasteiger partial charge in [0.2, 0.25) is 5.91 Å². The van der Waals surface area contributed by atoms with Crippen LogP contribution in [0.25, 0.3) is 0 Å². The predicted molar refractivity (Wildman–Crippen MR) is 61.3 cm³/mol. The number of hydroxylamine groups is 1. The minimum atomic E-state index is -0.308. The van der Waals surface area contributed by atoms with E-state index in [1.807, 2.05) is 13.8 Å². The molecule has 0 fully saturated rings. The summed E-state index contributed by atoms with van der Waals surface area (Å²) in [5, 5.41) is 2.89. The molecule has 0 aliphatic heterocycles. The van der Waals surface area contributed by atoms with Gasteiger partial charge in [0, 0.05) is 6.04 Å². The van der Waals surface area contributed by atoms with Crippen LogP contribution in [0.4, 0.5) is 0 Å². The van der Waals surface area contributed by atoms with Crippen molar-refractivity contribution in [1.82, 2.24) is 10.8 Å². The zero-order valence-electron chi connectivity index (χ0n) is 10.5. The number of nitrogens with one attached hydrogen (secondary N) is 2. The summed E-state index contributed by atoms with van der Waals surface area (Å²) in [5.41, 5.74) is 2.73. The van der Waals surface area contributed by atoms with E-state index in [9.17, 15) is 4.79 Å². The van der Waals surface area contributed by atoms with Crippen LogP contribution in [-0.4, -0.2) is 24.6 Å². The highest BCUT2D eigenvalue weighted by Crippen LogP contribution is 1.93. The fraction of sp³-hybridized carbons (Fsp3) is 0.909. The van der Waals surface area contributed by atoms with Crippen molar-refractivity contribution in [2.45, 2.75) is 53.1 Å². The Labute approximate surface area is 92.7 Å². The molecule has 4 heteroatoms. The van der Waals surface area contributed by atoms with Crippen molar-refractivity contribution in [1.29, 1.82) is 0 Å². The number of hydrogen-bond acceptors (Lipinski definition) is 3. The predicted octanol–water partition coefficient (Wildman–Crippen LogP) is 1.47.